The number of Topliss-reactive ketones (excluding diaryl/α,β-unsaturated/α-hetero) is 1. The van der Waals surface area contributed by atoms with Crippen LogP contribution >= 0.6 is 0 Å². The molecule has 2 saturated carbocycles. The van der Waals surface area contributed by atoms with Crippen molar-refractivity contribution in [3.63, 3.8) is 0 Å². The Morgan fingerprint density at radius 1 is 0.779 bits per heavy atom. The lowest BCUT2D eigenvalue weighted by Crippen LogP contribution is -2.56. The van der Waals surface area contributed by atoms with Crippen LogP contribution in [0.5, 0.6) is 0 Å². The highest BCUT2D eigenvalue weighted by molar-refractivity contribution is 6.12. The van der Waals surface area contributed by atoms with E-state index in [4.69, 9.17) is 24.7 Å². The second-order valence-corrected chi connectivity index (χ2v) is 25.2. The number of anilines is 1. The van der Waals surface area contributed by atoms with Crippen molar-refractivity contribution in [2.24, 2.45) is 46.7 Å². The summed E-state index contributed by atoms with van der Waals surface area (Å²) >= 11 is 0. The predicted octanol–water partition coefficient (Wildman–Crippen LogP) is 8.50. The first kappa shape index (κ1) is 68.2. The molecule has 0 aromatic heterocycles. The first-order valence-electron chi connectivity index (χ1n) is 31.3. The van der Waals surface area contributed by atoms with Gasteiger partial charge in [-0.05, 0) is 85.6 Å². The summed E-state index contributed by atoms with van der Waals surface area (Å²) in [5, 5.41) is 23.3. The van der Waals surface area contributed by atoms with Crippen LogP contribution in [-0.4, -0.2) is 119 Å². The van der Waals surface area contributed by atoms with Gasteiger partial charge in [-0.1, -0.05) is 136 Å². The number of nitrogens with one attached hydrogen (secondary N) is 4. The molecule has 21 nitrogen and oxygen atoms in total. The smallest absolute Gasteiger partial charge is 0.458 e. The van der Waals surface area contributed by atoms with Crippen LogP contribution in [-0.2, 0) is 63.9 Å². The molecule has 0 bridgehead atoms. The van der Waals surface area contributed by atoms with Crippen LogP contribution in [0.2, 0.25) is 0 Å². The summed E-state index contributed by atoms with van der Waals surface area (Å²) in [6, 6.07) is 3.54. The Morgan fingerprint density at radius 2 is 1.38 bits per heavy atom. The molecule has 6 rings (SSSR count). The minimum atomic E-state index is -1.89. The van der Waals surface area contributed by atoms with Crippen molar-refractivity contribution in [3.05, 3.63) is 65.3 Å². The Hall–Kier alpha value is -6.90. The third kappa shape index (κ3) is 17.2. The molecule has 7 N–H and O–H groups in total. The molecule has 4 aliphatic carbocycles. The number of amides is 7. The number of carbonyl (C=O) groups excluding carboxylic acids is 10. The SMILES string of the molecule is CCCCCCCCCCCCCC(=O)O[C@H]1[C@H](C)C2C3C=C(C)C(=O)[C@]3(O)CC(COC(=O)OCc3ccc(NC(=O)[C@H](CCCNC(N)=O)NC(=O)[C@@H](NC(=O)CCCCCN4C(=O)C=CC4=O)C(C)C)cc3)=C[C@@H]2C2C(C)(C)[C@]21OC(C)=O. The minimum Gasteiger partial charge on any atom is -0.458 e. The van der Waals surface area contributed by atoms with Crippen LogP contribution in [0.1, 0.15) is 183 Å². The second kappa shape index (κ2) is 31.1. The van der Waals surface area contributed by atoms with E-state index in [2.05, 4.69) is 28.2 Å². The van der Waals surface area contributed by atoms with E-state index in [1.54, 1.807) is 45.0 Å². The van der Waals surface area contributed by atoms with Gasteiger partial charge in [0.1, 0.15) is 37.0 Å². The largest absolute Gasteiger partial charge is 0.508 e. The number of primary amides is 1. The Kier molecular flexibility index (Phi) is 24.7. The number of benzene rings is 1. The summed E-state index contributed by atoms with van der Waals surface area (Å²) < 4.78 is 23.9. The third-order valence-electron chi connectivity index (χ3n) is 18.1. The van der Waals surface area contributed by atoms with Crippen LogP contribution in [0.25, 0.3) is 0 Å². The number of nitrogens with zero attached hydrogens (tertiary/aromatic N) is 1. The van der Waals surface area contributed by atoms with Gasteiger partial charge in [0.15, 0.2) is 11.4 Å². The number of carbonyl (C=O) groups is 10. The van der Waals surface area contributed by atoms with E-state index < -0.39 is 88.3 Å². The molecular weight excluding hydrogens is 1100 g/mol. The van der Waals surface area contributed by atoms with Gasteiger partial charge in [0.05, 0.1) is 0 Å². The first-order valence-corrected chi connectivity index (χ1v) is 31.3. The molecule has 0 radical (unpaired) electrons. The minimum absolute atomic E-state index is 0.0936. The van der Waals surface area contributed by atoms with E-state index in [9.17, 15) is 53.1 Å². The number of aliphatic hydroxyl groups is 1. The summed E-state index contributed by atoms with van der Waals surface area (Å²) in [6.07, 6.45) is 18.9. The van der Waals surface area contributed by atoms with Crippen LogP contribution in [0.3, 0.4) is 0 Å². The molecule has 21 heteroatoms. The standard InChI is InChI=1S/C65H94N6O15/c1-9-10-11-12-13-14-15-16-17-18-21-26-53(76)85-58-42(5)54-47(56-63(7,8)65(56,58)86-43(6)72)36-45(37-64(82)48(54)35-41(4)57(64)77)39-84-62(81)83-38-44-27-29-46(30-28-44)68-59(78)49(24-23-33-67-61(66)80)69-60(79)55(40(2)3)70-50(73)25-20-19-22-34-71-51(74)31-32-52(71)75/h27-32,35-36,40,42,47-49,54-56,58,82H,9-26,33-34,37-39H2,1-8H3,(H,68,78)(H,69,79)(H,70,73)(H3,66,67,80)/t42-,47+,48?,49+,54?,55+,56?,58+,64+,65+/m1/s1. The Balaban J connectivity index is 1.04. The van der Waals surface area contributed by atoms with Crippen molar-refractivity contribution in [1.29, 1.82) is 0 Å². The predicted molar refractivity (Wildman–Crippen MR) is 320 cm³/mol. The Labute approximate surface area is 506 Å². The molecule has 10 atom stereocenters. The zero-order valence-electron chi connectivity index (χ0n) is 51.8. The second-order valence-electron chi connectivity index (χ2n) is 25.2. The van der Waals surface area contributed by atoms with Crippen molar-refractivity contribution in [1.82, 2.24) is 20.9 Å². The van der Waals surface area contributed by atoms with E-state index >= 15 is 0 Å². The number of ketones is 1. The monoisotopic (exact) mass is 1200 g/mol. The molecule has 3 unspecified atom stereocenters. The van der Waals surface area contributed by atoms with E-state index in [0.717, 1.165) is 24.2 Å². The highest BCUT2D eigenvalue weighted by atomic mass is 16.7. The van der Waals surface area contributed by atoms with Crippen molar-refractivity contribution >= 4 is 65.1 Å². The number of rotatable bonds is 34. The van der Waals surface area contributed by atoms with Gasteiger partial charge in [-0.2, -0.15) is 0 Å². The van der Waals surface area contributed by atoms with E-state index in [0.29, 0.717) is 48.1 Å². The average Bonchev–Trinajstić information content (AvgIpc) is 1.48. The number of esters is 2. The van der Waals surface area contributed by atoms with E-state index in [-0.39, 0.29) is 99.9 Å². The molecule has 1 heterocycles. The molecule has 0 spiro atoms. The van der Waals surface area contributed by atoms with Crippen molar-refractivity contribution in [2.45, 2.75) is 213 Å². The van der Waals surface area contributed by atoms with E-state index in [1.807, 2.05) is 32.9 Å². The number of imide groups is 1. The highest BCUT2D eigenvalue weighted by Gasteiger charge is 2.85. The number of urea groups is 1. The third-order valence-corrected chi connectivity index (χ3v) is 18.1. The normalized spacial score (nSPS) is 24.9. The molecule has 474 valence electrons. The summed E-state index contributed by atoms with van der Waals surface area (Å²) in [7, 11) is 0. The molecule has 1 aromatic rings. The fourth-order valence-electron chi connectivity index (χ4n) is 13.7. The first-order chi connectivity index (χ1) is 40.9. The van der Waals surface area contributed by atoms with Gasteiger partial charge in [-0.15, -0.1) is 0 Å². The summed E-state index contributed by atoms with van der Waals surface area (Å²) in [5.41, 5.74) is 3.22. The number of unbranched alkanes of at least 4 members (excludes halogenated alkanes) is 12. The lowest BCUT2D eigenvalue weighted by Gasteiger charge is -2.47. The number of hydrogen-bond acceptors (Lipinski definition) is 15. The summed E-state index contributed by atoms with van der Waals surface area (Å²) in [5.74, 6) is -6.35. The topological polar surface area (TPSA) is 305 Å². The maximum absolute atomic E-state index is 14.0. The lowest BCUT2D eigenvalue weighted by atomic mass is 9.62. The number of allylic oxidation sites excluding steroid dienone is 1. The molecule has 2 fully saturated rings. The van der Waals surface area contributed by atoms with Crippen LogP contribution in [0.15, 0.2) is 59.7 Å². The number of fused-ring (bicyclic) bond motifs is 5. The Bertz CT molecular complexity index is 2700. The zero-order valence-corrected chi connectivity index (χ0v) is 51.8. The van der Waals surface area contributed by atoms with Gasteiger partial charge in [0.25, 0.3) is 11.8 Å². The summed E-state index contributed by atoms with van der Waals surface area (Å²) in [4.78, 5) is 131. The summed E-state index contributed by atoms with van der Waals surface area (Å²) in [6.45, 7) is 14.5. The van der Waals surface area contributed by atoms with Gasteiger partial charge < -0.3 is 51.1 Å². The lowest BCUT2D eigenvalue weighted by molar-refractivity contribution is -0.193. The Morgan fingerprint density at radius 3 is 2.00 bits per heavy atom. The zero-order chi connectivity index (χ0) is 62.9. The van der Waals surface area contributed by atoms with Crippen LogP contribution in [0, 0.1) is 40.9 Å². The van der Waals surface area contributed by atoms with Crippen LogP contribution in [0.4, 0.5) is 15.3 Å². The average molecular weight is 1200 g/mol. The van der Waals surface area contributed by atoms with Gasteiger partial charge >= 0.3 is 24.1 Å². The molecule has 1 aliphatic heterocycles. The number of ether oxygens (including phenoxy) is 4. The van der Waals surface area contributed by atoms with Gasteiger partial charge in [0.2, 0.25) is 17.7 Å². The fraction of sp³-hybridized carbons (Fsp3) is 0.662. The maximum Gasteiger partial charge on any atom is 0.508 e. The van der Waals surface area contributed by atoms with Crippen molar-refractivity contribution in [3.8, 4) is 0 Å². The molecule has 5 aliphatic rings. The highest BCUT2D eigenvalue weighted by Crippen LogP contribution is 2.76. The van der Waals surface area contributed by atoms with Crippen molar-refractivity contribution < 1.29 is 72.0 Å². The number of hydrogen-bond donors (Lipinski definition) is 6. The number of nitrogens with two attached hydrogens (primary N) is 1. The van der Waals surface area contributed by atoms with Gasteiger partial charge in [0, 0.05) is 80.3 Å². The maximum atomic E-state index is 14.0. The van der Waals surface area contributed by atoms with Gasteiger partial charge in [-0.3, -0.25) is 43.3 Å². The molecular formula is C65H94N6O15. The molecule has 0 saturated heterocycles. The van der Waals surface area contributed by atoms with E-state index in [1.165, 1.54) is 64.0 Å². The molecule has 86 heavy (non-hydrogen) atoms. The molecule has 1 aromatic carbocycles. The molecule has 7 amide bonds. The van der Waals surface area contributed by atoms with Crippen LogP contribution < -0.4 is 27.0 Å². The quantitative estimate of drug-likeness (QED) is 0.0124. The van der Waals surface area contributed by atoms with Gasteiger partial charge in [-0.25, -0.2) is 9.59 Å². The fourth-order valence-corrected chi connectivity index (χ4v) is 13.7. The van der Waals surface area contributed by atoms with Crippen molar-refractivity contribution in [2.75, 3.05) is 25.0 Å².